The average Bonchev–Trinajstić information content (AvgIpc) is 2.38. The molecule has 3 nitrogen and oxygen atoms in total. The number of benzene rings is 1. The number of nitrogens with zero attached hydrogens (tertiary/aromatic N) is 1. The maximum Gasteiger partial charge on any atom is 0.418 e. The topological polar surface area (TPSA) is 46.3 Å². The molecule has 6 heteroatoms. The number of carbonyl (C=O) groups excluding carboxylic acids is 1. The van der Waals surface area contributed by atoms with Gasteiger partial charge in [0.1, 0.15) is 0 Å². The molecule has 0 aromatic heterocycles. The molecule has 0 aliphatic carbocycles. The van der Waals surface area contributed by atoms with Crippen molar-refractivity contribution >= 4 is 11.6 Å². The number of nitrogens with two attached hydrogens (primary N) is 1. The first-order chi connectivity index (χ1) is 8.93. The van der Waals surface area contributed by atoms with Gasteiger partial charge in [-0.25, -0.2) is 0 Å². The van der Waals surface area contributed by atoms with Crippen LogP contribution in [-0.2, 0) is 17.5 Å². The molecule has 1 saturated heterocycles. The smallest absolute Gasteiger partial charge is 0.326 e. The van der Waals surface area contributed by atoms with Gasteiger partial charge in [0.15, 0.2) is 0 Å². The van der Waals surface area contributed by atoms with Crippen molar-refractivity contribution in [1.82, 2.24) is 0 Å². The molecule has 0 spiro atoms. The molecule has 1 aliphatic heterocycles. The molecule has 104 valence electrons. The van der Waals surface area contributed by atoms with E-state index in [2.05, 4.69) is 0 Å². The summed E-state index contributed by atoms with van der Waals surface area (Å²) in [6, 6.07) is 3.90. The zero-order valence-corrected chi connectivity index (χ0v) is 10.3. The highest BCUT2D eigenvalue weighted by atomic mass is 19.4. The zero-order valence-electron chi connectivity index (χ0n) is 10.3. The fraction of sp³-hybridized carbons (Fsp3) is 0.462. The van der Waals surface area contributed by atoms with Crippen molar-refractivity contribution in [2.45, 2.75) is 32.0 Å². The lowest BCUT2D eigenvalue weighted by atomic mass is 10.0. The minimum absolute atomic E-state index is 0.0390. The van der Waals surface area contributed by atoms with Gasteiger partial charge >= 0.3 is 6.18 Å². The summed E-state index contributed by atoms with van der Waals surface area (Å²) in [6.07, 6.45) is -2.73. The van der Waals surface area contributed by atoms with Crippen molar-refractivity contribution in [3.05, 3.63) is 29.3 Å². The van der Waals surface area contributed by atoms with Gasteiger partial charge in [-0.15, -0.1) is 0 Å². The Morgan fingerprint density at radius 3 is 2.58 bits per heavy atom. The number of rotatable bonds is 2. The number of carbonyl (C=O) groups is 1. The van der Waals surface area contributed by atoms with Crippen LogP contribution in [0.25, 0.3) is 0 Å². The van der Waals surface area contributed by atoms with Gasteiger partial charge in [0, 0.05) is 19.5 Å². The molecular weight excluding hydrogens is 257 g/mol. The molecule has 0 unspecified atom stereocenters. The summed E-state index contributed by atoms with van der Waals surface area (Å²) >= 11 is 0. The third kappa shape index (κ3) is 2.89. The number of piperidine rings is 1. The van der Waals surface area contributed by atoms with Crippen LogP contribution in [0.1, 0.15) is 30.4 Å². The Hall–Kier alpha value is -1.56. The number of anilines is 1. The first kappa shape index (κ1) is 13.9. The van der Waals surface area contributed by atoms with Gasteiger partial charge in [-0.1, -0.05) is 6.07 Å². The van der Waals surface area contributed by atoms with E-state index in [0.717, 1.165) is 18.9 Å². The summed E-state index contributed by atoms with van der Waals surface area (Å²) in [5.74, 6) is -0.253. The predicted molar refractivity (Wildman–Crippen MR) is 65.5 cm³/mol. The quantitative estimate of drug-likeness (QED) is 0.899. The van der Waals surface area contributed by atoms with E-state index in [1.165, 1.54) is 17.0 Å². The summed E-state index contributed by atoms with van der Waals surface area (Å²) in [5, 5.41) is 0. The van der Waals surface area contributed by atoms with Gasteiger partial charge in [-0.05, 0) is 30.5 Å². The Labute approximate surface area is 109 Å². The van der Waals surface area contributed by atoms with Gasteiger partial charge in [0.05, 0.1) is 11.3 Å². The number of hydrogen-bond donors (Lipinski definition) is 1. The van der Waals surface area contributed by atoms with Crippen molar-refractivity contribution in [3.8, 4) is 0 Å². The molecule has 0 atom stereocenters. The normalized spacial score (nSPS) is 16.8. The van der Waals surface area contributed by atoms with E-state index in [9.17, 15) is 18.0 Å². The van der Waals surface area contributed by atoms with Crippen molar-refractivity contribution in [1.29, 1.82) is 0 Å². The van der Waals surface area contributed by atoms with Crippen molar-refractivity contribution in [3.63, 3.8) is 0 Å². The Morgan fingerprint density at radius 1 is 1.26 bits per heavy atom. The highest BCUT2D eigenvalue weighted by Crippen LogP contribution is 2.38. The second kappa shape index (κ2) is 5.21. The highest BCUT2D eigenvalue weighted by Gasteiger charge is 2.36. The van der Waals surface area contributed by atoms with Crippen LogP contribution >= 0.6 is 0 Å². The summed E-state index contributed by atoms with van der Waals surface area (Å²) in [4.78, 5) is 13.0. The van der Waals surface area contributed by atoms with Crippen LogP contribution in [0.3, 0.4) is 0 Å². The van der Waals surface area contributed by atoms with Gasteiger partial charge in [0.25, 0.3) is 0 Å². The Kier molecular flexibility index (Phi) is 3.80. The number of alkyl halides is 3. The van der Waals surface area contributed by atoms with Crippen LogP contribution < -0.4 is 10.6 Å². The number of amides is 1. The van der Waals surface area contributed by atoms with Crippen molar-refractivity contribution in [2.24, 2.45) is 5.73 Å². The summed E-state index contributed by atoms with van der Waals surface area (Å²) in [6.45, 7) is 0.376. The fourth-order valence-electron chi connectivity index (χ4n) is 2.23. The van der Waals surface area contributed by atoms with Crippen LogP contribution in [-0.4, -0.2) is 12.5 Å². The van der Waals surface area contributed by atoms with E-state index >= 15 is 0 Å². The van der Waals surface area contributed by atoms with E-state index in [1.54, 1.807) is 0 Å². The van der Waals surface area contributed by atoms with Crippen LogP contribution in [0, 0.1) is 0 Å². The minimum Gasteiger partial charge on any atom is -0.326 e. The first-order valence-corrected chi connectivity index (χ1v) is 6.14. The molecule has 0 saturated carbocycles. The van der Waals surface area contributed by atoms with Crippen molar-refractivity contribution < 1.29 is 18.0 Å². The lowest BCUT2D eigenvalue weighted by Crippen LogP contribution is -2.36. The number of hydrogen-bond acceptors (Lipinski definition) is 2. The second-order valence-corrected chi connectivity index (χ2v) is 4.56. The number of halogens is 3. The van der Waals surface area contributed by atoms with Gasteiger partial charge in [-0.3, -0.25) is 4.79 Å². The molecule has 2 N–H and O–H groups in total. The third-order valence-corrected chi connectivity index (χ3v) is 3.22. The molecule has 1 aromatic carbocycles. The molecule has 0 bridgehead atoms. The van der Waals surface area contributed by atoms with Crippen LogP contribution in [0.5, 0.6) is 0 Å². The molecule has 1 aromatic rings. The molecule has 1 fully saturated rings. The molecule has 1 heterocycles. The Morgan fingerprint density at radius 2 is 2.00 bits per heavy atom. The lowest BCUT2D eigenvalue weighted by molar-refractivity contribution is -0.137. The van der Waals surface area contributed by atoms with Crippen LogP contribution in [0.4, 0.5) is 18.9 Å². The van der Waals surface area contributed by atoms with Crippen LogP contribution in [0.15, 0.2) is 18.2 Å². The Bertz CT molecular complexity index is 485. The van der Waals surface area contributed by atoms with E-state index in [-0.39, 0.29) is 18.1 Å². The van der Waals surface area contributed by atoms with Gasteiger partial charge in [-0.2, -0.15) is 13.2 Å². The fourth-order valence-corrected chi connectivity index (χ4v) is 2.23. The third-order valence-electron chi connectivity index (χ3n) is 3.22. The summed E-state index contributed by atoms with van der Waals surface area (Å²) < 4.78 is 39.2. The molecule has 0 radical (unpaired) electrons. The standard InChI is InChI=1S/C13H15F3N2O/c14-13(15,16)10-7-9(8-17)4-5-11(10)18-6-2-1-3-12(18)19/h4-5,7H,1-3,6,8,17H2. The highest BCUT2D eigenvalue weighted by molar-refractivity contribution is 5.94. The lowest BCUT2D eigenvalue weighted by Gasteiger charge is -2.29. The SMILES string of the molecule is NCc1ccc(N2CCCCC2=O)c(C(F)(F)F)c1. The maximum atomic E-state index is 13.1. The zero-order chi connectivity index (χ0) is 14.0. The predicted octanol–water partition coefficient (Wildman–Crippen LogP) is 2.68. The van der Waals surface area contributed by atoms with Gasteiger partial charge in [0.2, 0.25) is 5.91 Å². The minimum atomic E-state index is -4.49. The largest absolute Gasteiger partial charge is 0.418 e. The van der Waals surface area contributed by atoms with E-state index in [4.69, 9.17) is 5.73 Å². The molecule has 1 amide bonds. The summed E-state index contributed by atoms with van der Waals surface area (Å²) in [7, 11) is 0. The second-order valence-electron chi connectivity index (χ2n) is 4.56. The van der Waals surface area contributed by atoms with Gasteiger partial charge < -0.3 is 10.6 Å². The average molecular weight is 272 g/mol. The van der Waals surface area contributed by atoms with Crippen LogP contribution in [0.2, 0.25) is 0 Å². The van der Waals surface area contributed by atoms with E-state index < -0.39 is 11.7 Å². The molecule has 1 aliphatic rings. The Balaban J connectivity index is 2.46. The molecular formula is C13H15F3N2O. The van der Waals surface area contributed by atoms with Crippen molar-refractivity contribution in [2.75, 3.05) is 11.4 Å². The summed E-state index contributed by atoms with van der Waals surface area (Å²) in [5.41, 5.74) is 4.93. The molecule has 2 rings (SSSR count). The first-order valence-electron chi connectivity index (χ1n) is 6.14. The van der Waals surface area contributed by atoms with E-state index in [1.807, 2.05) is 0 Å². The van der Waals surface area contributed by atoms with E-state index in [0.29, 0.717) is 18.5 Å². The molecule has 19 heavy (non-hydrogen) atoms. The maximum absolute atomic E-state index is 13.1. The monoisotopic (exact) mass is 272 g/mol.